The standard InChI is InChI=1S/C13H19NO2S/c1-9-5-6-17-13(9)10(2)14(8-12(15)16)7-11-3-4-11/h5-6,10-11H,3-4,7-8H2,1-2H3,(H,15,16). The summed E-state index contributed by atoms with van der Waals surface area (Å²) in [5, 5.41) is 11.1. The fourth-order valence-corrected chi connectivity index (χ4v) is 3.16. The van der Waals surface area contributed by atoms with E-state index >= 15 is 0 Å². The van der Waals surface area contributed by atoms with Crippen molar-refractivity contribution in [2.75, 3.05) is 13.1 Å². The Kier molecular flexibility index (Phi) is 3.84. The maximum absolute atomic E-state index is 10.9. The van der Waals surface area contributed by atoms with Crippen LogP contribution < -0.4 is 0 Å². The number of carbonyl (C=O) groups is 1. The van der Waals surface area contributed by atoms with E-state index < -0.39 is 5.97 Å². The summed E-state index contributed by atoms with van der Waals surface area (Å²) in [7, 11) is 0. The fourth-order valence-electron chi connectivity index (χ4n) is 2.14. The van der Waals surface area contributed by atoms with Gasteiger partial charge in [-0.3, -0.25) is 9.69 Å². The largest absolute Gasteiger partial charge is 0.480 e. The van der Waals surface area contributed by atoms with Crippen LogP contribution in [0.2, 0.25) is 0 Å². The molecule has 0 amide bonds. The molecular formula is C13H19NO2S. The molecule has 17 heavy (non-hydrogen) atoms. The van der Waals surface area contributed by atoms with Gasteiger partial charge in [-0.05, 0) is 49.6 Å². The van der Waals surface area contributed by atoms with E-state index in [9.17, 15) is 4.79 Å². The molecule has 0 bridgehead atoms. The molecule has 1 saturated carbocycles. The summed E-state index contributed by atoms with van der Waals surface area (Å²) in [5.41, 5.74) is 1.27. The lowest BCUT2D eigenvalue weighted by atomic mass is 10.1. The van der Waals surface area contributed by atoms with Gasteiger partial charge in [0.25, 0.3) is 0 Å². The van der Waals surface area contributed by atoms with Crippen LogP contribution in [0.4, 0.5) is 0 Å². The first-order valence-electron chi connectivity index (χ1n) is 6.07. The maximum Gasteiger partial charge on any atom is 0.317 e. The molecule has 1 aliphatic carbocycles. The quantitative estimate of drug-likeness (QED) is 0.847. The van der Waals surface area contributed by atoms with Crippen LogP contribution >= 0.6 is 11.3 Å². The molecule has 1 atom stereocenters. The van der Waals surface area contributed by atoms with Crippen LogP contribution in [-0.4, -0.2) is 29.1 Å². The summed E-state index contributed by atoms with van der Waals surface area (Å²) in [6.45, 7) is 5.28. The molecular weight excluding hydrogens is 234 g/mol. The highest BCUT2D eigenvalue weighted by atomic mass is 32.1. The normalized spacial score (nSPS) is 17.4. The second-order valence-electron chi connectivity index (χ2n) is 4.91. The predicted molar refractivity (Wildman–Crippen MR) is 69.4 cm³/mol. The van der Waals surface area contributed by atoms with Gasteiger partial charge < -0.3 is 5.11 Å². The van der Waals surface area contributed by atoms with Gasteiger partial charge in [0.2, 0.25) is 0 Å². The minimum atomic E-state index is -0.730. The van der Waals surface area contributed by atoms with Crippen molar-refractivity contribution in [1.29, 1.82) is 0 Å². The minimum absolute atomic E-state index is 0.148. The van der Waals surface area contributed by atoms with E-state index in [2.05, 4.69) is 30.2 Å². The van der Waals surface area contributed by atoms with Gasteiger partial charge in [0.05, 0.1) is 6.54 Å². The first kappa shape index (κ1) is 12.6. The van der Waals surface area contributed by atoms with E-state index in [4.69, 9.17) is 5.11 Å². The van der Waals surface area contributed by atoms with Crippen LogP contribution in [0.5, 0.6) is 0 Å². The molecule has 1 aromatic rings. The van der Waals surface area contributed by atoms with Crippen LogP contribution in [0.15, 0.2) is 11.4 Å². The monoisotopic (exact) mass is 253 g/mol. The highest BCUT2D eigenvalue weighted by molar-refractivity contribution is 7.10. The lowest BCUT2D eigenvalue weighted by Crippen LogP contribution is -2.34. The number of aliphatic carboxylic acids is 1. The van der Waals surface area contributed by atoms with Gasteiger partial charge in [-0.25, -0.2) is 0 Å². The molecule has 1 fully saturated rings. The van der Waals surface area contributed by atoms with Crippen LogP contribution in [0.3, 0.4) is 0 Å². The zero-order valence-corrected chi connectivity index (χ0v) is 11.2. The smallest absolute Gasteiger partial charge is 0.317 e. The number of nitrogens with zero attached hydrogens (tertiary/aromatic N) is 1. The second-order valence-corrected chi connectivity index (χ2v) is 5.86. The molecule has 2 rings (SSSR count). The maximum atomic E-state index is 10.9. The highest BCUT2D eigenvalue weighted by Gasteiger charge is 2.29. The number of hydrogen-bond acceptors (Lipinski definition) is 3. The zero-order valence-electron chi connectivity index (χ0n) is 10.3. The van der Waals surface area contributed by atoms with Crippen LogP contribution in [0, 0.1) is 12.8 Å². The van der Waals surface area contributed by atoms with Crippen LogP contribution in [0.1, 0.15) is 36.2 Å². The first-order chi connectivity index (χ1) is 8.08. The molecule has 0 aromatic carbocycles. The Morgan fingerprint density at radius 3 is 2.82 bits per heavy atom. The van der Waals surface area contributed by atoms with Crippen LogP contribution in [-0.2, 0) is 4.79 Å². The molecule has 0 radical (unpaired) electrons. The van der Waals surface area contributed by atoms with Gasteiger partial charge in [-0.1, -0.05) is 0 Å². The molecule has 1 N–H and O–H groups in total. The first-order valence-corrected chi connectivity index (χ1v) is 6.95. The minimum Gasteiger partial charge on any atom is -0.480 e. The fraction of sp³-hybridized carbons (Fsp3) is 0.615. The van der Waals surface area contributed by atoms with Crippen molar-refractivity contribution >= 4 is 17.3 Å². The topological polar surface area (TPSA) is 40.5 Å². The van der Waals surface area contributed by atoms with E-state index in [1.807, 2.05) is 0 Å². The summed E-state index contributed by atoms with van der Waals surface area (Å²) in [4.78, 5) is 14.3. The average molecular weight is 253 g/mol. The Morgan fingerprint density at radius 1 is 1.65 bits per heavy atom. The zero-order chi connectivity index (χ0) is 12.4. The van der Waals surface area contributed by atoms with Gasteiger partial charge in [0.1, 0.15) is 0 Å². The number of carboxylic acids is 1. The number of aryl methyl sites for hydroxylation is 1. The van der Waals surface area contributed by atoms with Gasteiger partial charge in [-0.15, -0.1) is 11.3 Å². The lowest BCUT2D eigenvalue weighted by Gasteiger charge is -2.27. The average Bonchev–Trinajstić information content (AvgIpc) is 2.97. The Morgan fingerprint density at radius 2 is 2.35 bits per heavy atom. The van der Waals surface area contributed by atoms with E-state index in [1.165, 1.54) is 23.3 Å². The van der Waals surface area contributed by atoms with Crippen LogP contribution in [0.25, 0.3) is 0 Å². The summed E-state index contributed by atoms with van der Waals surface area (Å²) in [6.07, 6.45) is 2.51. The number of carboxylic acid groups (broad SMARTS) is 1. The third-order valence-corrected chi connectivity index (χ3v) is 4.55. The van der Waals surface area contributed by atoms with Crippen molar-refractivity contribution in [3.05, 3.63) is 21.9 Å². The predicted octanol–water partition coefficient (Wildman–Crippen LogP) is 2.91. The Labute approximate surface area is 106 Å². The van der Waals surface area contributed by atoms with Crippen molar-refractivity contribution in [3.8, 4) is 0 Å². The molecule has 1 heterocycles. The van der Waals surface area contributed by atoms with Crippen molar-refractivity contribution in [2.24, 2.45) is 5.92 Å². The van der Waals surface area contributed by atoms with E-state index in [0.29, 0.717) is 0 Å². The summed E-state index contributed by atoms with van der Waals surface area (Å²) >= 11 is 1.73. The molecule has 3 nitrogen and oxygen atoms in total. The van der Waals surface area contributed by atoms with Crippen molar-refractivity contribution in [2.45, 2.75) is 32.7 Å². The molecule has 4 heteroatoms. The molecule has 0 spiro atoms. The summed E-state index contributed by atoms with van der Waals surface area (Å²) in [5.74, 6) is -0.0104. The summed E-state index contributed by atoms with van der Waals surface area (Å²) < 4.78 is 0. The third-order valence-electron chi connectivity index (χ3n) is 3.36. The SMILES string of the molecule is Cc1ccsc1C(C)N(CC(=O)O)CC1CC1. The molecule has 1 unspecified atom stereocenters. The van der Waals surface area contributed by atoms with E-state index in [-0.39, 0.29) is 12.6 Å². The molecule has 94 valence electrons. The lowest BCUT2D eigenvalue weighted by molar-refractivity contribution is -0.138. The number of hydrogen-bond donors (Lipinski definition) is 1. The van der Waals surface area contributed by atoms with E-state index in [0.717, 1.165) is 12.5 Å². The summed E-state index contributed by atoms with van der Waals surface area (Å²) in [6, 6.07) is 2.32. The highest BCUT2D eigenvalue weighted by Crippen LogP contribution is 2.34. The van der Waals surface area contributed by atoms with Gasteiger partial charge in [0.15, 0.2) is 0 Å². The Hall–Kier alpha value is -0.870. The number of thiophene rings is 1. The molecule has 0 aliphatic heterocycles. The van der Waals surface area contributed by atoms with Crippen molar-refractivity contribution < 1.29 is 9.90 Å². The number of rotatable bonds is 6. The second kappa shape index (κ2) is 5.19. The van der Waals surface area contributed by atoms with Gasteiger partial charge in [0, 0.05) is 17.5 Å². The third kappa shape index (κ3) is 3.30. The Balaban J connectivity index is 2.07. The molecule has 0 saturated heterocycles. The Bertz CT molecular complexity index is 398. The van der Waals surface area contributed by atoms with Gasteiger partial charge >= 0.3 is 5.97 Å². The van der Waals surface area contributed by atoms with Crippen molar-refractivity contribution in [1.82, 2.24) is 4.90 Å². The molecule has 1 aliphatic rings. The van der Waals surface area contributed by atoms with Gasteiger partial charge in [-0.2, -0.15) is 0 Å². The van der Waals surface area contributed by atoms with Crippen molar-refractivity contribution in [3.63, 3.8) is 0 Å². The van der Waals surface area contributed by atoms with E-state index in [1.54, 1.807) is 11.3 Å². The molecule has 1 aromatic heterocycles.